The van der Waals surface area contributed by atoms with Crippen LogP contribution in [0.4, 0.5) is 13.2 Å². The Bertz CT molecular complexity index is 707. The van der Waals surface area contributed by atoms with E-state index < -0.39 is 6.36 Å². The van der Waals surface area contributed by atoms with Gasteiger partial charge in [-0.2, -0.15) is 5.10 Å². The summed E-state index contributed by atoms with van der Waals surface area (Å²) in [6.07, 6.45) is -3.11. The molecule has 0 aliphatic carbocycles. The predicted molar refractivity (Wildman–Crippen MR) is 100 cm³/mol. The summed E-state index contributed by atoms with van der Waals surface area (Å²) in [5, 5.41) is 8.00. The van der Waals surface area contributed by atoms with Gasteiger partial charge in [0.25, 0.3) is 0 Å². The maximum atomic E-state index is 12.1. The van der Waals surface area contributed by atoms with Crippen molar-refractivity contribution < 1.29 is 17.9 Å². The van der Waals surface area contributed by atoms with Crippen molar-refractivity contribution in [3.8, 4) is 5.75 Å². The second-order valence-corrected chi connectivity index (χ2v) is 5.57. The lowest BCUT2D eigenvalue weighted by Crippen LogP contribution is -2.17. The third kappa shape index (κ3) is 8.59. The van der Waals surface area contributed by atoms with Gasteiger partial charge >= 0.3 is 6.36 Å². The van der Waals surface area contributed by atoms with E-state index in [1.807, 2.05) is 30.3 Å². The van der Waals surface area contributed by atoms with E-state index in [0.29, 0.717) is 5.75 Å². The first-order valence-electron chi connectivity index (χ1n) is 6.81. The number of hydrogen-bond donors (Lipinski definition) is 1. The molecule has 0 bridgehead atoms. The van der Waals surface area contributed by atoms with Crippen LogP contribution in [0.25, 0.3) is 0 Å². The van der Waals surface area contributed by atoms with Crippen molar-refractivity contribution in [1.29, 1.82) is 0 Å². The summed E-state index contributed by atoms with van der Waals surface area (Å²) in [4.78, 5) is 0. The largest absolute Gasteiger partial charge is 0.573 e. The van der Waals surface area contributed by atoms with Crippen molar-refractivity contribution in [3.05, 3.63) is 65.7 Å². The van der Waals surface area contributed by atoms with Crippen LogP contribution in [0.5, 0.6) is 5.75 Å². The summed E-state index contributed by atoms with van der Waals surface area (Å²) >= 11 is 1.23. The molecule has 0 spiro atoms. The fourth-order valence-corrected chi connectivity index (χ4v) is 2.28. The Hall–Kier alpha value is -2.00. The van der Waals surface area contributed by atoms with Crippen LogP contribution in [-0.4, -0.2) is 17.7 Å². The fourth-order valence-electron chi connectivity index (χ4n) is 1.67. The second-order valence-electron chi connectivity index (χ2n) is 4.57. The van der Waals surface area contributed by atoms with Gasteiger partial charge in [0, 0.05) is 5.75 Å². The number of benzene rings is 2. The number of hydrogen-bond acceptors (Lipinski definition) is 4. The van der Waals surface area contributed by atoms with Crippen molar-refractivity contribution in [3.63, 3.8) is 0 Å². The molecule has 9 heteroatoms. The average Bonchev–Trinajstić information content (AvgIpc) is 2.54. The zero-order valence-corrected chi connectivity index (χ0v) is 15.3. The number of nitrogens with two attached hydrogens (primary N) is 1. The van der Waals surface area contributed by atoms with Crippen LogP contribution >= 0.6 is 28.7 Å². The quantitative estimate of drug-likeness (QED) is 0.420. The molecule has 2 aromatic carbocycles. The van der Waals surface area contributed by atoms with Crippen molar-refractivity contribution in [2.75, 3.05) is 0 Å². The zero-order valence-electron chi connectivity index (χ0n) is 12.8. The molecule has 2 aromatic rings. The lowest BCUT2D eigenvalue weighted by molar-refractivity contribution is -0.274. The molecule has 0 radical (unpaired) electrons. The number of rotatable bonds is 5. The van der Waals surface area contributed by atoms with Crippen molar-refractivity contribution in [2.45, 2.75) is 12.1 Å². The van der Waals surface area contributed by atoms with Crippen LogP contribution in [-0.2, 0) is 5.75 Å². The van der Waals surface area contributed by atoms with Crippen LogP contribution in [0.2, 0.25) is 0 Å². The average molecular weight is 434 g/mol. The van der Waals surface area contributed by atoms with Crippen LogP contribution < -0.4 is 10.5 Å². The number of alkyl halides is 3. The number of nitrogens with zero attached hydrogens (tertiary/aromatic N) is 2. The molecule has 0 aliphatic rings. The molecule has 2 N–H and O–H groups in total. The molecule has 134 valence electrons. The van der Waals surface area contributed by atoms with Gasteiger partial charge in [-0.1, -0.05) is 54.2 Å². The molecular formula is C16H15BrF3N3OS. The molecule has 4 nitrogen and oxygen atoms in total. The monoisotopic (exact) mass is 433 g/mol. The highest BCUT2D eigenvalue weighted by molar-refractivity contribution is 8.93. The normalized spacial score (nSPS) is 12.0. The zero-order chi connectivity index (χ0) is 17.4. The van der Waals surface area contributed by atoms with Gasteiger partial charge in [0.1, 0.15) is 5.75 Å². The third-order valence-electron chi connectivity index (χ3n) is 2.71. The van der Waals surface area contributed by atoms with E-state index in [9.17, 15) is 13.2 Å². The number of halogens is 4. The Morgan fingerprint density at radius 2 is 1.72 bits per heavy atom. The van der Waals surface area contributed by atoms with Gasteiger partial charge < -0.3 is 10.5 Å². The van der Waals surface area contributed by atoms with Gasteiger partial charge in [-0.05, 0) is 23.3 Å². The van der Waals surface area contributed by atoms with Gasteiger partial charge in [-0.3, -0.25) is 0 Å². The summed E-state index contributed by atoms with van der Waals surface area (Å²) in [6, 6.07) is 15.0. The van der Waals surface area contributed by atoms with E-state index >= 15 is 0 Å². The molecular weight excluding hydrogens is 419 g/mol. The van der Waals surface area contributed by atoms with E-state index in [1.54, 1.807) is 6.21 Å². The Morgan fingerprint density at radius 1 is 1.08 bits per heavy atom. The van der Waals surface area contributed by atoms with E-state index in [0.717, 1.165) is 11.1 Å². The summed E-state index contributed by atoms with van der Waals surface area (Å²) in [5.41, 5.74) is 7.42. The molecule has 0 unspecified atom stereocenters. The molecule has 0 heterocycles. The minimum absolute atomic E-state index is 0. The summed E-state index contributed by atoms with van der Waals surface area (Å²) in [7, 11) is 0. The Balaban J connectivity index is 0.00000312. The van der Waals surface area contributed by atoms with E-state index in [2.05, 4.69) is 14.9 Å². The fraction of sp³-hybridized carbons (Fsp3) is 0.125. The highest BCUT2D eigenvalue weighted by Crippen LogP contribution is 2.23. The van der Waals surface area contributed by atoms with Crippen LogP contribution in [0.1, 0.15) is 11.1 Å². The lowest BCUT2D eigenvalue weighted by atomic mass is 10.2. The molecule has 0 aromatic heterocycles. The molecule has 0 amide bonds. The highest BCUT2D eigenvalue weighted by Gasteiger charge is 2.30. The molecule has 25 heavy (non-hydrogen) atoms. The van der Waals surface area contributed by atoms with E-state index in [1.165, 1.54) is 36.0 Å². The first kappa shape index (κ1) is 21.0. The van der Waals surface area contributed by atoms with Gasteiger partial charge in [0.15, 0.2) is 5.17 Å². The first-order valence-corrected chi connectivity index (χ1v) is 7.80. The third-order valence-corrected chi connectivity index (χ3v) is 3.56. The minimum Gasteiger partial charge on any atom is -0.406 e. The smallest absolute Gasteiger partial charge is 0.406 e. The second kappa shape index (κ2) is 10.1. The maximum Gasteiger partial charge on any atom is 0.573 e. The Labute approximate surface area is 157 Å². The van der Waals surface area contributed by atoms with Gasteiger partial charge in [-0.25, -0.2) is 0 Å². The van der Waals surface area contributed by atoms with Crippen LogP contribution in [0.3, 0.4) is 0 Å². The maximum absolute atomic E-state index is 12.1. The Morgan fingerprint density at radius 3 is 2.32 bits per heavy atom. The number of ether oxygens (including phenoxy) is 1. The van der Waals surface area contributed by atoms with Gasteiger partial charge in [0.2, 0.25) is 0 Å². The van der Waals surface area contributed by atoms with Gasteiger partial charge in [-0.15, -0.1) is 35.3 Å². The molecule has 0 atom stereocenters. The van der Waals surface area contributed by atoms with Crippen LogP contribution in [0, 0.1) is 0 Å². The summed E-state index contributed by atoms with van der Waals surface area (Å²) < 4.78 is 40.0. The molecule has 2 rings (SSSR count). The number of thioether (sulfide) groups is 1. The molecule has 0 aliphatic heterocycles. The van der Waals surface area contributed by atoms with E-state index in [-0.39, 0.29) is 27.9 Å². The lowest BCUT2D eigenvalue weighted by Gasteiger charge is -2.09. The first-order chi connectivity index (χ1) is 11.4. The Kier molecular flexibility index (Phi) is 8.50. The van der Waals surface area contributed by atoms with Crippen molar-refractivity contribution in [2.24, 2.45) is 15.9 Å². The van der Waals surface area contributed by atoms with E-state index in [4.69, 9.17) is 5.73 Å². The summed E-state index contributed by atoms with van der Waals surface area (Å²) in [5.74, 6) is 0.202. The van der Waals surface area contributed by atoms with Crippen molar-refractivity contribution in [1.82, 2.24) is 0 Å². The molecule has 0 fully saturated rings. The predicted octanol–water partition coefficient (Wildman–Crippen LogP) is 4.75. The number of amidine groups is 1. The van der Waals surface area contributed by atoms with Crippen molar-refractivity contribution >= 4 is 40.1 Å². The highest BCUT2D eigenvalue weighted by atomic mass is 79.9. The van der Waals surface area contributed by atoms with Gasteiger partial charge in [0.05, 0.1) is 6.21 Å². The SMILES string of the molecule is Br.NC(=N/N=C/c1ccccc1)SCc1ccc(OC(F)(F)F)cc1. The van der Waals surface area contributed by atoms with Crippen LogP contribution in [0.15, 0.2) is 64.8 Å². The topological polar surface area (TPSA) is 60.0 Å². The minimum atomic E-state index is -4.69. The molecule has 0 saturated heterocycles. The summed E-state index contributed by atoms with van der Waals surface area (Å²) in [6.45, 7) is 0. The standard InChI is InChI=1S/C16H14F3N3OS.BrH/c17-16(18,19)23-14-8-6-13(7-9-14)11-24-15(20)22-21-10-12-4-2-1-3-5-12;/h1-10H,11H2,(H2,20,22);1H/b21-10+;. The molecule has 0 saturated carbocycles.